The van der Waals surface area contributed by atoms with Crippen molar-refractivity contribution in [1.82, 2.24) is 10.3 Å². The first-order valence-corrected chi connectivity index (χ1v) is 4.35. The molecule has 4 N–H and O–H groups in total. The molecular weight excluding hydrogens is 176 g/mol. The topological polar surface area (TPSA) is 53.3 Å². The van der Waals surface area contributed by atoms with Crippen LogP contribution in [0.1, 0.15) is 0 Å². The van der Waals surface area contributed by atoms with Crippen LogP contribution in [0.3, 0.4) is 0 Å². The van der Waals surface area contributed by atoms with Crippen LogP contribution in [0.2, 0.25) is 0 Å². The monoisotopic (exact) mass is 188 g/mol. The Labute approximate surface area is 82.7 Å². The van der Waals surface area contributed by atoms with Crippen molar-refractivity contribution in [3.8, 4) is 0 Å². The van der Waals surface area contributed by atoms with E-state index >= 15 is 0 Å². The van der Waals surface area contributed by atoms with Gasteiger partial charge in [-0.1, -0.05) is 18.2 Å². The van der Waals surface area contributed by atoms with E-state index in [1.54, 1.807) is 17.4 Å². The van der Waals surface area contributed by atoms with Gasteiger partial charge in [0.1, 0.15) is 5.82 Å². The number of para-hydroxylation sites is 1. The third-order valence-electron chi connectivity index (χ3n) is 1.80. The molecule has 1 aromatic rings. The van der Waals surface area contributed by atoms with Gasteiger partial charge in [0.05, 0.1) is 11.9 Å². The van der Waals surface area contributed by atoms with Gasteiger partial charge in [0.15, 0.2) is 0 Å². The van der Waals surface area contributed by atoms with Crippen LogP contribution in [0.25, 0.3) is 0 Å². The molecule has 0 atom stereocenters. The quantitative estimate of drug-likeness (QED) is 0.651. The van der Waals surface area contributed by atoms with Crippen molar-refractivity contribution in [2.75, 3.05) is 5.43 Å². The molecular formula is C10H12N4. The van der Waals surface area contributed by atoms with Crippen LogP contribution in [0.4, 0.5) is 5.69 Å². The lowest BCUT2D eigenvalue weighted by molar-refractivity contribution is 0.579. The van der Waals surface area contributed by atoms with Crippen molar-refractivity contribution in [1.29, 1.82) is 0 Å². The van der Waals surface area contributed by atoms with Gasteiger partial charge in [-0.2, -0.15) is 0 Å². The van der Waals surface area contributed by atoms with Gasteiger partial charge >= 0.3 is 0 Å². The first-order chi connectivity index (χ1) is 6.84. The Morgan fingerprint density at radius 3 is 2.71 bits per heavy atom. The van der Waals surface area contributed by atoms with Gasteiger partial charge in [-0.15, -0.1) is 0 Å². The molecule has 0 saturated heterocycles. The highest BCUT2D eigenvalue weighted by Crippen LogP contribution is 2.08. The molecule has 1 aliphatic rings. The lowest BCUT2D eigenvalue weighted by atomic mass is 10.3. The number of nitrogens with zero attached hydrogens (tertiary/aromatic N) is 1. The number of anilines is 1. The summed E-state index contributed by atoms with van der Waals surface area (Å²) in [4.78, 5) is 0. The van der Waals surface area contributed by atoms with Gasteiger partial charge in [0.2, 0.25) is 0 Å². The highest BCUT2D eigenvalue weighted by atomic mass is 15.5. The van der Waals surface area contributed by atoms with E-state index in [1.165, 1.54) is 0 Å². The number of benzene rings is 1. The molecule has 0 radical (unpaired) electrons. The second-order valence-electron chi connectivity index (χ2n) is 2.93. The van der Waals surface area contributed by atoms with Crippen molar-refractivity contribution in [2.24, 2.45) is 5.73 Å². The molecule has 4 nitrogen and oxygen atoms in total. The van der Waals surface area contributed by atoms with E-state index < -0.39 is 0 Å². The first kappa shape index (κ1) is 8.50. The Hall–Kier alpha value is -2.10. The number of hydrazine groups is 1. The zero-order valence-electron chi connectivity index (χ0n) is 7.64. The van der Waals surface area contributed by atoms with Gasteiger partial charge in [-0.25, -0.2) is 0 Å². The predicted molar refractivity (Wildman–Crippen MR) is 56.4 cm³/mol. The van der Waals surface area contributed by atoms with E-state index in [0.717, 1.165) is 5.69 Å². The maximum atomic E-state index is 5.60. The molecule has 0 unspecified atom stereocenters. The van der Waals surface area contributed by atoms with Gasteiger partial charge in [-0.3, -0.25) is 10.4 Å². The molecule has 14 heavy (non-hydrogen) atoms. The van der Waals surface area contributed by atoms with Crippen LogP contribution < -0.4 is 16.5 Å². The molecule has 72 valence electrons. The van der Waals surface area contributed by atoms with Crippen LogP contribution >= 0.6 is 0 Å². The van der Waals surface area contributed by atoms with E-state index in [0.29, 0.717) is 5.82 Å². The summed E-state index contributed by atoms with van der Waals surface area (Å²) in [6.45, 7) is 0. The molecule has 1 aromatic carbocycles. The summed E-state index contributed by atoms with van der Waals surface area (Å²) in [6, 6.07) is 9.89. The molecule has 0 fully saturated rings. The third-order valence-corrected chi connectivity index (χ3v) is 1.80. The predicted octanol–water partition coefficient (Wildman–Crippen LogP) is 1.15. The van der Waals surface area contributed by atoms with Crippen molar-refractivity contribution in [2.45, 2.75) is 0 Å². The number of nitrogens with one attached hydrogen (secondary N) is 2. The molecule has 1 heterocycles. The Morgan fingerprint density at radius 1 is 1.21 bits per heavy atom. The van der Waals surface area contributed by atoms with Crippen LogP contribution in [0.15, 0.2) is 54.8 Å². The van der Waals surface area contributed by atoms with Gasteiger partial charge in [0.25, 0.3) is 0 Å². The fourth-order valence-electron chi connectivity index (χ4n) is 1.18. The maximum Gasteiger partial charge on any atom is 0.119 e. The zero-order valence-corrected chi connectivity index (χ0v) is 7.64. The Bertz CT molecular complexity index is 356. The summed E-state index contributed by atoms with van der Waals surface area (Å²) in [5.41, 5.74) is 9.77. The zero-order chi connectivity index (χ0) is 9.80. The summed E-state index contributed by atoms with van der Waals surface area (Å²) in [7, 11) is 0. The summed E-state index contributed by atoms with van der Waals surface area (Å²) in [5, 5.41) is 4.67. The molecule has 0 bridgehead atoms. The minimum absolute atomic E-state index is 0.607. The molecule has 4 heteroatoms. The molecule has 0 amide bonds. The van der Waals surface area contributed by atoms with Crippen LogP contribution in [-0.4, -0.2) is 5.01 Å². The Kier molecular flexibility index (Phi) is 2.27. The fourth-order valence-corrected chi connectivity index (χ4v) is 1.18. The average Bonchev–Trinajstić information content (AvgIpc) is 2.19. The van der Waals surface area contributed by atoms with Crippen molar-refractivity contribution >= 4 is 5.69 Å². The van der Waals surface area contributed by atoms with Crippen molar-refractivity contribution < 1.29 is 0 Å². The smallest absolute Gasteiger partial charge is 0.119 e. The fraction of sp³-hybridized carbons (Fsp3) is 0. The van der Waals surface area contributed by atoms with Crippen LogP contribution in [-0.2, 0) is 0 Å². The highest BCUT2D eigenvalue weighted by Gasteiger charge is 2.00. The lowest BCUT2D eigenvalue weighted by Crippen LogP contribution is -2.28. The third kappa shape index (κ3) is 1.98. The minimum Gasteiger partial charge on any atom is -0.384 e. The molecule has 0 aliphatic carbocycles. The minimum atomic E-state index is 0.607. The number of nitrogens with two attached hydrogens (primary N) is 1. The number of rotatable bonds is 2. The molecule has 0 aromatic heterocycles. The second kappa shape index (κ2) is 3.74. The Balaban J connectivity index is 2.05. The van der Waals surface area contributed by atoms with E-state index in [9.17, 15) is 0 Å². The van der Waals surface area contributed by atoms with Gasteiger partial charge < -0.3 is 11.1 Å². The largest absolute Gasteiger partial charge is 0.384 e. The number of hydrogen-bond acceptors (Lipinski definition) is 4. The normalized spacial score (nSPS) is 14.6. The molecule has 0 spiro atoms. The standard InChI is InChI=1S/C10H12N4/c11-10-8-14(7-6-12-10)13-9-4-2-1-3-5-9/h1-8,12-13H,11H2. The molecule has 0 saturated carbocycles. The number of hydrogen-bond donors (Lipinski definition) is 3. The summed E-state index contributed by atoms with van der Waals surface area (Å²) < 4.78 is 0. The van der Waals surface area contributed by atoms with E-state index in [1.807, 2.05) is 36.5 Å². The SMILES string of the molecule is NC1=CN(Nc2ccccc2)C=CN1. The van der Waals surface area contributed by atoms with Gasteiger partial charge in [0, 0.05) is 12.4 Å². The summed E-state index contributed by atoms with van der Waals surface area (Å²) in [6.07, 6.45) is 5.39. The summed E-state index contributed by atoms with van der Waals surface area (Å²) in [5.74, 6) is 0.607. The highest BCUT2D eigenvalue weighted by molar-refractivity contribution is 5.42. The van der Waals surface area contributed by atoms with Crippen molar-refractivity contribution in [3.63, 3.8) is 0 Å². The van der Waals surface area contributed by atoms with Gasteiger partial charge in [-0.05, 0) is 12.1 Å². The van der Waals surface area contributed by atoms with E-state index in [-0.39, 0.29) is 0 Å². The molecule has 2 rings (SSSR count). The molecule has 1 aliphatic heterocycles. The van der Waals surface area contributed by atoms with E-state index in [4.69, 9.17) is 5.73 Å². The lowest BCUT2D eigenvalue weighted by Gasteiger charge is -2.22. The first-order valence-electron chi connectivity index (χ1n) is 4.35. The van der Waals surface area contributed by atoms with Crippen molar-refractivity contribution in [3.05, 3.63) is 54.8 Å². The Morgan fingerprint density at radius 2 is 2.00 bits per heavy atom. The summed E-state index contributed by atoms with van der Waals surface area (Å²) >= 11 is 0. The van der Waals surface area contributed by atoms with Crippen LogP contribution in [0, 0.1) is 0 Å². The second-order valence-corrected chi connectivity index (χ2v) is 2.93. The van der Waals surface area contributed by atoms with Crippen LogP contribution in [0.5, 0.6) is 0 Å². The average molecular weight is 188 g/mol. The maximum absolute atomic E-state index is 5.60. The van der Waals surface area contributed by atoms with E-state index in [2.05, 4.69) is 10.7 Å².